The van der Waals surface area contributed by atoms with Crippen molar-refractivity contribution in [2.45, 2.75) is 39.3 Å². The zero-order valence-corrected chi connectivity index (χ0v) is 20.4. The van der Waals surface area contributed by atoms with E-state index in [1.165, 1.54) is 12.1 Å². The number of benzene rings is 2. The summed E-state index contributed by atoms with van der Waals surface area (Å²) in [7, 11) is 1.69. The molecule has 0 N–H and O–H groups in total. The van der Waals surface area contributed by atoms with Crippen LogP contribution in [0.25, 0.3) is 0 Å². The number of carbonyl (C=O) groups is 2. The Balaban J connectivity index is 1.56. The molecular weight excluding hydrogens is 447 g/mol. The Hall–Kier alpha value is -3.61. The van der Waals surface area contributed by atoms with Crippen molar-refractivity contribution in [3.63, 3.8) is 0 Å². The van der Waals surface area contributed by atoms with E-state index in [2.05, 4.69) is 0 Å². The summed E-state index contributed by atoms with van der Waals surface area (Å²) >= 11 is 0. The number of carbonyl (C=O) groups excluding carboxylic acids is 2. The van der Waals surface area contributed by atoms with E-state index in [-0.39, 0.29) is 30.2 Å². The highest BCUT2D eigenvalue weighted by Crippen LogP contribution is 2.38. The van der Waals surface area contributed by atoms with Gasteiger partial charge in [0.25, 0.3) is 5.91 Å². The zero-order valence-electron chi connectivity index (χ0n) is 20.4. The predicted molar refractivity (Wildman–Crippen MR) is 130 cm³/mol. The van der Waals surface area contributed by atoms with Crippen molar-refractivity contribution >= 4 is 11.8 Å². The third kappa shape index (κ3) is 5.91. The Morgan fingerprint density at radius 2 is 2.00 bits per heavy atom. The van der Waals surface area contributed by atoms with Gasteiger partial charge in [-0.2, -0.15) is 0 Å². The minimum absolute atomic E-state index is 0.0426. The van der Waals surface area contributed by atoms with Crippen LogP contribution in [0.5, 0.6) is 5.75 Å². The predicted octanol–water partition coefficient (Wildman–Crippen LogP) is 4.98. The summed E-state index contributed by atoms with van der Waals surface area (Å²) < 4.78 is 25.3. The first-order valence-corrected chi connectivity index (χ1v) is 11.9. The van der Waals surface area contributed by atoms with Crippen molar-refractivity contribution < 1.29 is 23.1 Å². The Labute approximate surface area is 205 Å². The van der Waals surface area contributed by atoms with Crippen LogP contribution in [-0.2, 0) is 22.6 Å². The third-order valence-electron chi connectivity index (χ3n) is 6.17. The molecule has 6 nitrogen and oxygen atoms in total. The number of amides is 2. The van der Waals surface area contributed by atoms with E-state index in [1.807, 2.05) is 49.1 Å². The summed E-state index contributed by atoms with van der Waals surface area (Å²) in [6.07, 6.45) is 2.70. The molecule has 2 heterocycles. The number of likely N-dealkylation sites (N-methyl/N-ethyl adjacent to an activating group) is 1. The minimum Gasteiger partial charge on any atom is -0.484 e. The largest absolute Gasteiger partial charge is 0.484 e. The van der Waals surface area contributed by atoms with Gasteiger partial charge in [0.2, 0.25) is 5.91 Å². The Morgan fingerprint density at radius 1 is 1.17 bits per heavy atom. The van der Waals surface area contributed by atoms with Crippen molar-refractivity contribution in [2.75, 3.05) is 20.2 Å². The summed E-state index contributed by atoms with van der Waals surface area (Å²) in [5, 5.41) is 0. The van der Waals surface area contributed by atoms with Gasteiger partial charge < -0.3 is 19.0 Å². The van der Waals surface area contributed by atoms with Crippen molar-refractivity contribution in [3.8, 4) is 5.75 Å². The van der Waals surface area contributed by atoms with Crippen LogP contribution < -0.4 is 4.74 Å². The molecule has 0 aliphatic carbocycles. The van der Waals surface area contributed by atoms with Gasteiger partial charge in [-0.15, -0.1) is 0 Å². The van der Waals surface area contributed by atoms with Gasteiger partial charge in [-0.25, -0.2) is 4.39 Å². The number of hydrogen-bond acceptors (Lipinski definition) is 4. The monoisotopic (exact) mass is 478 g/mol. The number of halogens is 1. The molecule has 184 valence electrons. The fourth-order valence-electron chi connectivity index (χ4n) is 4.43. The molecule has 1 unspecified atom stereocenters. The lowest BCUT2D eigenvalue weighted by molar-refractivity contribution is -0.134. The molecular formula is C28H31FN2O4. The van der Waals surface area contributed by atoms with Crippen LogP contribution in [-0.4, -0.2) is 41.8 Å². The molecule has 0 saturated heterocycles. The van der Waals surface area contributed by atoms with Gasteiger partial charge in [0.05, 0.1) is 18.8 Å². The van der Waals surface area contributed by atoms with E-state index in [1.54, 1.807) is 30.3 Å². The maximum absolute atomic E-state index is 14.2. The maximum atomic E-state index is 14.2. The number of furan rings is 1. The molecule has 1 aliphatic rings. The van der Waals surface area contributed by atoms with Gasteiger partial charge >= 0.3 is 0 Å². The minimum atomic E-state index is -0.415. The lowest BCUT2D eigenvalue weighted by atomic mass is 9.87. The molecule has 0 spiro atoms. The highest BCUT2D eigenvalue weighted by molar-refractivity contribution is 5.78. The molecule has 1 atom stereocenters. The van der Waals surface area contributed by atoms with Crippen LogP contribution in [0.3, 0.4) is 0 Å². The molecule has 0 saturated carbocycles. The average Bonchev–Trinajstić information content (AvgIpc) is 3.34. The van der Waals surface area contributed by atoms with Crippen molar-refractivity contribution in [1.29, 1.82) is 0 Å². The molecule has 0 radical (unpaired) electrons. The van der Waals surface area contributed by atoms with Gasteiger partial charge in [-0.05, 0) is 65.4 Å². The van der Waals surface area contributed by atoms with Crippen molar-refractivity contribution in [1.82, 2.24) is 9.80 Å². The van der Waals surface area contributed by atoms with Gasteiger partial charge in [0.1, 0.15) is 17.3 Å². The summed E-state index contributed by atoms with van der Waals surface area (Å²) in [5.41, 5.74) is 2.70. The molecule has 0 fully saturated rings. The van der Waals surface area contributed by atoms with E-state index >= 15 is 0 Å². The number of ether oxygens (including phenoxy) is 1. The second-order valence-electron chi connectivity index (χ2n) is 9.37. The highest BCUT2D eigenvalue weighted by Gasteiger charge is 2.32. The first-order chi connectivity index (χ1) is 16.8. The van der Waals surface area contributed by atoms with Crippen LogP contribution in [0.4, 0.5) is 4.39 Å². The zero-order chi connectivity index (χ0) is 24.9. The van der Waals surface area contributed by atoms with E-state index in [0.717, 1.165) is 16.7 Å². The van der Waals surface area contributed by atoms with Crippen LogP contribution in [0.2, 0.25) is 0 Å². The maximum Gasteiger partial charge on any atom is 0.260 e. The average molecular weight is 479 g/mol. The molecule has 0 bridgehead atoms. The van der Waals surface area contributed by atoms with E-state index < -0.39 is 6.04 Å². The fourth-order valence-corrected chi connectivity index (χ4v) is 4.43. The first-order valence-electron chi connectivity index (χ1n) is 11.9. The van der Waals surface area contributed by atoms with Gasteiger partial charge in [0.15, 0.2) is 6.61 Å². The highest BCUT2D eigenvalue weighted by atomic mass is 19.1. The molecule has 7 heteroatoms. The van der Waals surface area contributed by atoms with Crippen LogP contribution >= 0.6 is 0 Å². The summed E-state index contributed by atoms with van der Waals surface area (Å²) in [6, 6.07) is 15.3. The second kappa shape index (κ2) is 10.8. The molecule has 1 aromatic heterocycles. The quantitative estimate of drug-likeness (QED) is 0.458. The normalized spacial score (nSPS) is 15.1. The topological polar surface area (TPSA) is 63.0 Å². The molecule has 3 aromatic rings. The second-order valence-corrected chi connectivity index (χ2v) is 9.37. The molecule has 1 aliphatic heterocycles. The SMILES string of the molecule is CC(C)CC(=O)N1CCc2ccc(OCC(=O)N(C)Cc3ccco3)cc2C1c1cccc(F)c1. The number of hydrogen-bond donors (Lipinski definition) is 0. The first kappa shape index (κ1) is 24.5. The number of nitrogens with zero attached hydrogens (tertiary/aromatic N) is 2. The molecule has 2 amide bonds. The lowest BCUT2D eigenvalue weighted by Gasteiger charge is -2.38. The number of rotatable bonds is 8. The van der Waals surface area contributed by atoms with E-state index in [9.17, 15) is 14.0 Å². The Kier molecular flexibility index (Phi) is 7.54. The molecule has 35 heavy (non-hydrogen) atoms. The fraction of sp³-hybridized carbons (Fsp3) is 0.357. The van der Waals surface area contributed by atoms with Crippen LogP contribution in [0.1, 0.15) is 48.8 Å². The van der Waals surface area contributed by atoms with Crippen molar-refractivity contribution in [3.05, 3.63) is 89.1 Å². The Morgan fingerprint density at radius 3 is 2.71 bits per heavy atom. The van der Waals surface area contributed by atoms with Crippen LogP contribution in [0, 0.1) is 11.7 Å². The Bertz CT molecular complexity index is 1180. The lowest BCUT2D eigenvalue weighted by Crippen LogP contribution is -2.41. The van der Waals surface area contributed by atoms with Gasteiger partial charge in [-0.3, -0.25) is 9.59 Å². The summed E-state index contributed by atoms with van der Waals surface area (Å²) in [6.45, 7) is 4.82. The molecule has 4 rings (SSSR count). The summed E-state index contributed by atoms with van der Waals surface area (Å²) in [4.78, 5) is 29.1. The third-order valence-corrected chi connectivity index (χ3v) is 6.17. The summed E-state index contributed by atoms with van der Waals surface area (Å²) in [5.74, 6) is 0.955. The van der Waals surface area contributed by atoms with Crippen LogP contribution in [0.15, 0.2) is 65.3 Å². The van der Waals surface area contributed by atoms with Gasteiger partial charge in [-0.1, -0.05) is 32.0 Å². The standard InChI is InChI=1S/C28H31FN2O4/c1-19(2)14-26(32)31-12-11-20-9-10-23(16-25(20)28(31)21-6-4-7-22(29)15-21)35-18-27(33)30(3)17-24-8-5-13-34-24/h4-10,13,15-16,19,28H,11-12,14,17-18H2,1-3H3. The number of fused-ring (bicyclic) bond motifs is 1. The smallest absolute Gasteiger partial charge is 0.260 e. The van der Waals surface area contributed by atoms with Gasteiger partial charge in [0, 0.05) is 20.0 Å². The molecule has 2 aromatic carbocycles. The van der Waals surface area contributed by atoms with E-state index in [0.29, 0.717) is 37.4 Å². The van der Waals surface area contributed by atoms with E-state index in [4.69, 9.17) is 9.15 Å². The van der Waals surface area contributed by atoms with Crippen molar-refractivity contribution in [2.24, 2.45) is 5.92 Å².